The van der Waals surface area contributed by atoms with E-state index >= 15 is 0 Å². The van der Waals surface area contributed by atoms with E-state index in [9.17, 15) is 13.2 Å². The van der Waals surface area contributed by atoms with Gasteiger partial charge in [0.2, 0.25) is 0 Å². The van der Waals surface area contributed by atoms with Crippen LogP contribution >= 0.6 is 0 Å². The molecule has 80 valence electrons. The molecule has 0 N–H and O–H groups in total. The molecule has 15 heavy (non-hydrogen) atoms. The minimum atomic E-state index is -3.89. The topological polar surface area (TPSA) is 69.7 Å². The highest BCUT2D eigenvalue weighted by Crippen LogP contribution is 2.30. The van der Waals surface area contributed by atoms with E-state index in [1.54, 1.807) is 6.92 Å². The summed E-state index contributed by atoms with van der Waals surface area (Å²) in [6.07, 6.45) is 0. The third-order valence-corrected chi connectivity index (χ3v) is 3.20. The molecule has 2 rings (SSSR count). The lowest BCUT2D eigenvalue weighted by Crippen LogP contribution is -1.99. The molecule has 0 saturated carbocycles. The first-order valence-electron chi connectivity index (χ1n) is 4.30. The normalized spacial score (nSPS) is 17.0. The van der Waals surface area contributed by atoms with Gasteiger partial charge >= 0.3 is 16.1 Å². The van der Waals surface area contributed by atoms with Gasteiger partial charge in [0.15, 0.2) is 0 Å². The molecule has 0 spiro atoms. The van der Waals surface area contributed by atoms with Crippen molar-refractivity contribution in [3.63, 3.8) is 0 Å². The quantitative estimate of drug-likeness (QED) is 0.705. The Hall–Kier alpha value is -1.56. The molecule has 6 heteroatoms. The SMILES string of the molecule is CCOc1ccc2c(c1)C(=O)OS2(=O)=O. The van der Waals surface area contributed by atoms with Gasteiger partial charge in [0.25, 0.3) is 0 Å². The zero-order valence-electron chi connectivity index (χ0n) is 7.89. The van der Waals surface area contributed by atoms with Crippen LogP contribution in [0.2, 0.25) is 0 Å². The Morgan fingerprint density at radius 2 is 2.13 bits per heavy atom. The van der Waals surface area contributed by atoms with Crippen molar-refractivity contribution >= 4 is 16.1 Å². The maximum Gasteiger partial charge on any atom is 0.355 e. The highest BCUT2D eigenvalue weighted by atomic mass is 32.2. The lowest BCUT2D eigenvalue weighted by Gasteiger charge is -2.02. The lowest BCUT2D eigenvalue weighted by atomic mass is 10.2. The predicted molar refractivity (Wildman–Crippen MR) is 50.2 cm³/mol. The highest BCUT2D eigenvalue weighted by molar-refractivity contribution is 7.87. The second-order valence-electron chi connectivity index (χ2n) is 2.92. The third-order valence-electron chi connectivity index (χ3n) is 1.94. The van der Waals surface area contributed by atoms with Crippen molar-refractivity contribution in [3.05, 3.63) is 23.8 Å². The summed E-state index contributed by atoms with van der Waals surface area (Å²) in [4.78, 5) is 11.1. The van der Waals surface area contributed by atoms with Crippen molar-refractivity contribution in [2.75, 3.05) is 6.61 Å². The minimum Gasteiger partial charge on any atom is -0.494 e. The number of ether oxygens (including phenoxy) is 1. The summed E-state index contributed by atoms with van der Waals surface area (Å²) in [5, 5.41) is 0. The number of hydrogen-bond acceptors (Lipinski definition) is 5. The van der Waals surface area contributed by atoms with Gasteiger partial charge in [0.1, 0.15) is 10.6 Å². The van der Waals surface area contributed by atoms with Gasteiger partial charge in [-0.3, -0.25) is 0 Å². The molecule has 1 aliphatic rings. The largest absolute Gasteiger partial charge is 0.494 e. The first-order valence-corrected chi connectivity index (χ1v) is 5.71. The van der Waals surface area contributed by atoms with Crippen molar-refractivity contribution in [2.45, 2.75) is 11.8 Å². The number of carbonyl (C=O) groups excluding carboxylic acids is 1. The number of benzene rings is 1. The van der Waals surface area contributed by atoms with Crippen molar-refractivity contribution in [1.82, 2.24) is 0 Å². The second kappa shape index (κ2) is 3.23. The van der Waals surface area contributed by atoms with E-state index in [1.165, 1.54) is 18.2 Å². The predicted octanol–water partition coefficient (Wildman–Crippen LogP) is 0.944. The van der Waals surface area contributed by atoms with Crippen LogP contribution in [0.15, 0.2) is 23.1 Å². The number of rotatable bonds is 2. The van der Waals surface area contributed by atoms with Crippen LogP contribution in [0.1, 0.15) is 17.3 Å². The van der Waals surface area contributed by atoms with E-state index in [1.807, 2.05) is 0 Å². The summed E-state index contributed by atoms with van der Waals surface area (Å²) >= 11 is 0. The fourth-order valence-electron chi connectivity index (χ4n) is 1.33. The summed E-state index contributed by atoms with van der Waals surface area (Å²) in [7, 11) is -3.89. The Morgan fingerprint density at radius 1 is 1.40 bits per heavy atom. The smallest absolute Gasteiger partial charge is 0.355 e. The standard InChI is InChI=1S/C9H8O5S/c1-2-13-6-3-4-8-7(5-6)9(10)14-15(8,11)12/h3-5H,2H2,1H3. The molecule has 0 radical (unpaired) electrons. The van der Waals surface area contributed by atoms with Crippen molar-refractivity contribution in [3.8, 4) is 5.75 Å². The van der Waals surface area contributed by atoms with Crippen molar-refractivity contribution in [1.29, 1.82) is 0 Å². The van der Waals surface area contributed by atoms with Crippen LogP contribution in [-0.4, -0.2) is 21.0 Å². The van der Waals surface area contributed by atoms with Crippen LogP contribution in [0.25, 0.3) is 0 Å². The molecule has 1 aromatic carbocycles. The van der Waals surface area contributed by atoms with Crippen LogP contribution in [0.4, 0.5) is 0 Å². The molecule has 0 atom stereocenters. The Morgan fingerprint density at radius 3 is 2.80 bits per heavy atom. The average Bonchev–Trinajstić information content (AvgIpc) is 2.38. The van der Waals surface area contributed by atoms with Crippen LogP contribution < -0.4 is 4.74 Å². The second-order valence-corrected chi connectivity index (χ2v) is 4.43. The Bertz CT molecular complexity index is 517. The highest BCUT2D eigenvalue weighted by Gasteiger charge is 2.35. The Balaban J connectivity index is 2.56. The molecule has 0 saturated heterocycles. The van der Waals surface area contributed by atoms with E-state index in [2.05, 4.69) is 4.18 Å². The molecule has 0 bridgehead atoms. The molecular formula is C9H8O5S. The molecule has 0 aliphatic carbocycles. The third kappa shape index (κ3) is 1.56. The van der Waals surface area contributed by atoms with Crippen LogP contribution in [0, 0.1) is 0 Å². The van der Waals surface area contributed by atoms with Gasteiger partial charge in [-0.1, -0.05) is 0 Å². The average molecular weight is 228 g/mol. The summed E-state index contributed by atoms with van der Waals surface area (Å²) in [6, 6.07) is 4.16. The zero-order chi connectivity index (χ0) is 11.1. The van der Waals surface area contributed by atoms with E-state index < -0.39 is 16.1 Å². The monoisotopic (exact) mass is 228 g/mol. The molecule has 0 unspecified atom stereocenters. The van der Waals surface area contributed by atoms with Crippen molar-refractivity contribution < 1.29 is 22.1 Å². The van der Waals surface area contributed by atoms with Gasteiger partial charge in [-0.15, -0.1) is 0 Å². The van der Waals surface area contributed by atoms with Gasteiger partial charge < -0.3 is 8.92 Å². The Labute approximate surface area is 86.7 Å². The van der Waals surface area contributed by atoms with Crippen LogP contribution in [0.5, 0.6) is 5.75 Å². The lowest BCUT2D eigenvalue weighted by molar-refractivity contribution is 0.0762. The van der Waals surface area contributed by atoms with E-state index in [0.29, 0.717) is 12.4 Å². The van der Waals surface area contributed by atoms with Crippen molar-refractivity contribution in [2.24, 2.45) is 0 Å². The molecule has 1 aromatic rings. The number of carbonyl (C=O) groups is 1. The molecule has 0 aromatic heterocycles. The zero-order valence-corrected chi connectivity index (χ0v) is 8.71. The summed E-state index contributed by atoms with van der Waals surface area (Å²) < 4.78 is 31.9. The maximum absolute atomic E-state index is 11.2. The van der Waals surface area contributed by atoms with Gasteiger partial charge in [0, 0.05) is 0 Å². The molecule has 1 heterocycles. The van der Waals surface area contributed by atoms with E-state index in [0.717, 1.165) is 0 Å². The minimum absolute atomic E-state index is 0.0287. The van der Waals surface area contributed by atoms with Gasteiger partial charge in [-0.25, -0.2) is 4.79 Å². The summed E-state index contributed by atoms with van der Waals surface area (Å²) in [5.74, 6) is -0.406. The summed E-state index contributed by atoms with van der Waals surface area (Å²) in [5.41, 5.74) is 0.0287. The summed E-state index contributed by atoms with van der Waals surface area (Å²) in [6.45, 7) is 2.24. The maximum atomic E-state index is 11.2. The van der Waals surface area contributed by atoms with Gasteiger partial charge in [0.05, 0.1) is 12.2 Å². The molecule has 0 fully saturated rings. The first-order chi connectivity index (χ1) is 7.04. The van der Waals surface area contributed by atoms with Crippen LogP contribution in [-0.2, 0) is 14.3 Å². The van der Waals surface area contributed by atoms with Gasteiger partial charge in [-0.2, -0.15) is 8.42 Å². The fourth-order valence-corrected chi connectivity index (χ4v) is 2.36. The number of fused-ring (bicyclic) bond motifs is 1. The van der Waals surface area contributed by atoms with E-state index in [-0.39, 0.29) is 10.5 Å². The first kappa shape index (κ1) is 9.97. The molecule has 1 aliphatic heterocycles. The fraction of sp³-hybridized carbons (Fsp3) is 0.222. The van der Waals surface area contributed by atoms with Gasteiger partial charge in [-0.05, 0) is 25.1 Å². The molecule has 0 amide bonds. The Kier molecular flexibility index (Phi) is 2.15. The molecule has 5 nitrogen and oxygen atoms in total. The van der Waals surface area contributed by atoms with Crippen LogP contribution in [0.3, 0.4) is 0 Å². The number of hydrogen-bond donors (Lipinski definition) is 0. The molecular weight excluding hydrogens is 220 g/mol. The van der Waals surface area contributed by atoms with E-state index in [4.69, 9.17) is 4.74 Å².